The lowest BCUT2D eigenvalue weighted by molar-refractivity contribution is -0.137. The molecular formula is C21H28N8O2. The molecule has 0 aromatic carbocycles. The van der Waals surface area contributed by atoms with Crippen molar-refractivity contribution in [2.24, 2.45) is 5.92 Å². The average Bonchev–Trinajstić information content (AvgIpc) is 2.84. The van der Waals surface area contributed by atoms with Crippen molar-refractivity contribution >= 4 is 17.7 Å². The van der Waals surface area contributed by atoms with E-state index in [9.17, 15) is 4.79 Å². The molecule has 2 aromatic heterocycles. The van der Waals surface area contributed by atoms with Gasteiger partial charge in [-0.05, 0) is 32.4 Å². The number of nitrogens with one attached hydrogen (secondary N) is 1. The van der Waals surface area contributed by atoms with Gasteiger partial charge in [0.25, 0.3) is 0 Å². The van der Waals surface area contributed by atoms with Gasteiger partial charge in [0.1, 0.15) is 5.82 Å². The fourth-order valence-corrected chi connectivity index (χ4v) is 4.55. The van der Waals surface area contributed by atoms with Crippen molar-refractivity contribution < 1.29 is 9.53 Å². The predicted octanol–water partition coefficient (Wildman–Crippen LogP) is 0.237. The fourth-order valence-electron chi connectivity index (χ4n) is 4.55. The van der Waals surface area contributed by atoms with Crippen molar-refractivity contribution in [3.05, 3.63) is 23.7 Å². The number of rotatable bonds is 3. The number of anilines is 2. The Labute approximate surface area is 181 Å². The van der Waals surface area contributed by atoms with Crippen molar-refractivity contribution in [3.8, 4) is 11.4 Å². The number of amides is 1. The Morgan fingerprint density at radius 3 is 2.58 bits per heavy atom. The van der Waals surface area contributed by atoms with Gasteiger partial charge in [-0.15, -0.1) is 0 Å². The summed E-state index contributed by atoms with van der Waals surface area (Å²) in [5.41, 5.74) is 8.42. The van der Waals surface area contributed by atoms with Crippen LogP contribution in [0.25, 0.3) is 11.4 Å². The van der Waals surface area contributed by atoms with Gasteiger partial charge in [0.05, 0.1) is 31.0 Å². The molecular weight excluding hydrogens is 396 g/mol. The Morgan fingerprint density at radius 2 is 1.84 bits per heavy atom. The van der Waals surface area contributed by atoms with Crippen LogP contribution in [0.3, 0.4) is 0 Å². The van der Waals surface area contributed by atoms with Crippen LogP contribution >= 0.6 is 0 Å². The summed E-state index contributed by atoms with van der Waals surface area (Å²) in [4.78, 5) is 35.3. The minimum atomic E-state index is 0.105. The zero-order chi connectivity index (χ0) is 21.2. The first-order valence-electron chi connectivity index (χ1n) is 11.0. The number of morpholine rings is 1. The van der Waals surface area contributed by atoms with E-state index in [1.165, 1.54) is 0 Å². The highest BCUT2D eigenvalue weighted by molar-refractivity contribution is 5.79. The summed E-state index contributed by atoms with van der Waals surface area (Å²) in [5, 5.41) is 3.33. The Bertz CT molecular complexity index is 939. The maximum atomic E-state index is 13.1. The molecule has 0 radical (unpaired) electrons. The lowest BCUT2D eigenvalue weighted by Gasteiger charge is -2.36. The highest BCUT2D eigenvalue weighted by Crippen LogP contribution is 2.31. The number of fused-ring (bicyclic) bond motifs is 1. The molecule has 0 bridgehead atoms. The molecule has 0 saturated carbocycles. The van der Waals surface area contributed by atoms with Crippen molar-refractivity contribution in [3.63, 3.8) is 0 Å². The molecule has 1 amide bonds. The van der Waals surface area contributed by atoms with Crippen LogP contribution in [0.2, 0.25) is 0 Å². The van der Waals surface area contributed by atoms with Gasteiger partial charge in [0, 0.05) is 43.5 Å². The van der Waals surface area contributed by atoms with Gasteiger partial charge in [-0.3, -0.25) is 4.79 Å². The van der Waals surface area contributed by atoms with Crippen LogP contribution in [0.1, 0.15) is 24.1 Å². The number of piperidine rings is 1. The molecule has 5 heterocycles. The summed E-state index contributed by atoms with van der Waals surface area (Å²) in [6.07, 6.45) is 5.86. The van der Waals surface area contributed by atoms with E-state index in [-0.39, 0.29) is 17.8 Å². The van der Waals surface area contributed by atoms with Crippen LogP contribution in [-0.4, -0.2) is 76.7 Å². The topological polar surface area (TPSA) is 122 Å². The van der Waals surface area contributed by atoms with Crippen LogP contribution in [0, 0.1) is 5.92 Å². The molecule has 3 N–H and O–H groups in total. The average molecular weight is 425 g/mol. The Balaban J connectivity index is 1.48. The summed E-state index contributed by atoms with van der Waals surface area (Å²) in [7, 11) is 0. The predicted molar refractivity (Wildman–Crippen MR) is 115 cm³/mol. The van der Waals surface area contributed by atoms with Crippen LogP contribution in [0.15, 0.2) is 12.4 Å². The fraction of sp³-hybridized carbons (Fsp3) is 0.571. The zero-order valence-corrected chi connectivity index (χ0v) is 17.6. The molecule has 3 aliphatic rings. The first-order chi connectivity index (χ1) is 15.2. The first-order valence-corrected chi connectivity index (χ1v) is 11.0. The Kier molecular flexibility index (Phi) is 5.65. The number of hydrogen-bond acceptors (Lipinski definition) is 9. The molecule has 2 aromatic rings. The van der Waals surface area contributed by atoms with E-state index in [2.05, 4.69) is 20.2 Å². The monoisotopic (exact) mass is 424 g/mol. The highest BCUT2D eigenvalue weighted by Gasteiger charge is 2.31. The van der Waals surface area contributed by atoms with Crippen molar-refractivity contribution in [2.45, 2.75) is 25.8 Å². The molecule has 0 spiro atoms. The number of aromatic nitrogens is 4. The number of hydrogen-bond donors (Lipinski definition) is 2. The third-order valence-electron chi connectivity index (χ3n) is 6.28. The normalized spacial score (nSPS) is 19.9. The van der Waals surface area contributed by atoms with Gasteiger partial charge in [-0.25, -0.2) is 19.9 Å². The summed E-state index contributed by atoms with van der Waals surface area (Å²) in [6, 6.07) is 0. The van der Waals surface area contributed by atoms with Gasteiger partial charge in [-0.2, -0.15) is 0 Å². The molecule has 164 valence electrons. The van der Waals surface area contributed by atoms with Gasteiger partial charge in [-0.1, -0.05) is 0 Å². The maximum absolute atomic E-state index is 13.1. The second kappa shape index (κ2) is 8.72. The number of ether oxygens (including phenoxy) is 1. The van der Waals surface area contributed by atoms with Crippen LogP contribution in [-0.2, 0) is 22.5 Å². The lowest BCUT2D eigenvalue weighted by Crippen LogP contribution is -2.44. The molecule has 0 unspecified atom stereocenters. The smallest absolute Gasteiger partial charge is 0.226 e. The summed E-state index contributed by atoms with van der Waals surface area (Å²) in [6.45, 7) is 5.98. The van der Waals surface area contributed by atoms with E-state index in [4.69, 9.17) is 20.4 Å². The Morgan fingerprint density at radius 1 is 1.10 bits per heavy atom. The van der Waals surface area contributed by atoms with Gasteiger partial charge >= 0.3 is 0 Å². The minimum absolute atomic E-state index is 0.105. The van der Waals surface area contributed by atoms with Crippen LogP contribution in [0.5, 0.6) is 0 Å². The SMILES string of the molecule is Nc1ncc(-c2nc3c(c(N4CCOCC4)n2)CCN(C(=O)C2CCNCC2)C3)cn1. The molecule has 2 fully saturated rings. The molecule has 10 heteroatoms. The highest BCUT2D eigenvalue weighted by atomic mass is 16.5. The Hall–Kier alpha value is -2.85. The van der Waals surface area contributed by atoms with Crippen molar-refractivity contribution in [1.82, 2.24) is 30.2 Å². The molecule has 5 rings (SSSR count). The number of nitrogens with zero attached hydrogens (tertiary/aromatic N) is 6. The standard InChI is InChI=1S/C21H28N8O2/c22-21-24-11-15(12-25-21)18-26-17-13-29(20(30)14-1-4-23-5-2-14)6-3-16(17)19(27-18)28-7-9-31-10-8-28/h11-12,14,23H,1-10,13H2,(H2,22,24,25). The molecule has 0 atom stereocenters. The number of nitrogen functional groups attached to an aromatic ring is 1. The van der Waals surface area contributed by atoms with E-state index >= 15 is 0 Å². The third-order valence-corrected chi connectivity index (χ3v) is 6.28. The quantitative estimate of drug-likeness (QED) is 0.713. The molecule has 3 aliphatic heterocycles. The second-order valence-electron chi connectivity index (χ2n) is 8.26. The van der Waals surface area contributed by atoms with Crippen LogP contribution < -0.4 is 16.0 Å². The van der Waals surface area contributed by atoms with Crippen molar-refractivity contribution in [2.75, 3.05) is 56.6 Å². The number of carbonyl (C=O) groups is 1. The molecule has 10 nitrogen and oxygen atoms in total. The second-order valence-corrected chi connectivity index (χ2v) is 8.26. The molecule has 31 heavy (non-hydrogen) atoms. The van der Waals surface area contributed by atoms with Gasteiger partial charge in [0.15, 0.2) is 5.82 Å². The minimum Gasteiger partial charge on any atom is -0.378 e. The summed E-state index contributed by atoms with van der Waals surface area (Å²) in [5.74, 6) is 2.07. The summed E-state index contributed by atoms with van der Waals surface area (Å²) >= 11 is 0. The zero-order valence-electron chi connectivity index (χ0n) is 17.6. The molecule has 2 saturated heterocycles. The number of carbonyl (C=O) groups excluding carboxylic acids is 1. The lowest BCUT2D eigenvalue weighted by atomic mass is 9.95. The van der Waals surface area contributed by atoms with E-state index in [0.717, 1.165) is 62.5 Å². The van der Waals surface area contributed by atoms with E-state index in [1.54, 1.807) is 12.4 Å². The van der Waals surface area contributed by atoms with Gasteiger partial charge < -0.3 is 25.6 Å². The molecule has 0 aliphatic carbocycles. The maximum Gasteiger partial charge on any atom is 0.226 e. The van der Waals surface area contributed by atoms with E-state index in [0.29, 0.717) is 37.7 Å². The number of nitrogens with two attached hydrogens (primary N) is 1. The third kappa shape index (κ3) is 4.17. The van der Waals surface area contributed by atoms with E-state index < -0.39 is 0 Å². The first kappa shape index (κ1) is 20.1. The summed E-state index contributed by atoms with van der Waals surface area (Å²) < 4.78 is 5.53. The van der Waals surface area contributed by atoms with Gasteiger partial charge in [0.2, 0.25) is 11.9 Å². The van der Waals surface area contributed by atoms with Crippen molar-refractivity contribution in [1.29, 1.82) is 0 Å². The largest absolute Gasteiger partial charge is 0.378 e. The van der Waals surface area contributed by atoms with E-state index in [1.807, 2.05) is 4.90 Å². The van der Waals surface area contributed by atoms with Crippen LogP contribution in [0.4, 0.5) is 11.8 Å².